The second-order valence-electron chi connectivity index (χ2n) is 5.74. The number of ether oxygens (including phenoxy) is 1. The molecule has 0 N–H and O–H groups in total. The van der Waals surface area contributed by atoms with E-state index in [1.54, 1.807) is 39.8 Å². The largest absolute Gasteiger partial charge is 0.443 e. The van der Waals surface area contributed by atoms with Gasteiger partial charge in [-0.25, -0.2) is 4.79 Å². The summed E-state index contributed by atoms with van der Waals surface area (Å²) in [7, 11) is -4.20. The molecule has 21 heavy (non-hydrogen) atoms. The van der Waals surface area contributed by atoms with Crippen molar-refractivity contribution in [1.29, 1.82) is 0 Å². The highest BCUT2D eigenvalue weighted by molar-refractivity contribution is 9.10. The molecule has 0 spiro atoms. The summed E-state index contributed by atoms with van der Waals surface area (Å²) in [6, 6.07) is 3.46. The van der Waals surface area contributed by atoms with Crippen molar-refractivity contribution in [3.63, 3.8) is 0 Å². The normalized spacial score (nSPS) is 16.9. The van der Waals surface area contributed by atoms with Crippen molar-refractivity contribution in [1.82, 2.24) is 4.31 Å². The van der Waals surface area contributed by atoms with E-state index in [1.165, 1.54) is 0 Å². The first-order chi connectivity index (χ1) is 9.49. The third kappa shape index (κ3) is 3.49. The lowest BCUT2D eigenvalue weighted by Crippen LogP contribution is -2.44. The van der Waals surface area contributed by atoms with Gasteiger partial charge < -0.3 is 8.92 Å². The Morgan fingerprint density at radius 1 is 1.38 bits per heavy atom. The topological polar surface area (TPSA) is 72.9 Å². The van der Waals surface area contributed by atoms with Crippen molar-refractivity contribution in [2.24, 2.45) is 0 Å². The van der Waals surface area contributed by atoms with Gasteiger partial charge in [-0.05, 0) is 45.4 Å². The zero-order chi connectivity index (χ0) is 16.0. The first-order valence-corrected chi connectivity index (χ1v) is 8.39. The van der Waals surface area contributed by atoms with Crippen LogP contribution in [0.15, 0.2) is 16.6 Å². The van der Waals surface area contributed by atoms with E-state index < -0.39 is 22.0 Å². The van der Waals surface area contributed by atoms with Crippen molar-refractivity contribution in [3.8, 4) is 5.75 Å². The maximum Gasteiger partial charge on any atom is 0.427 e. The Hall–Kier alpha value is -1.28. The fraction of sp³-hybridized carbons (Fsp3) is 0.462. The second-order valence-corrected chi connectivity index (χ2v) is 8.12. The van der Waals surface area contributed by atoms with E-state index in [9.17, 15) is 13.2 Å². The molecule has 1 aromatic rings. The van der Waals surface area contributed by atoms with Crippen LogP contribution in [0.1, 0.15) is 31.9 Å². The Kier molecular flexibility index (Phi) is 3.96. The Bertz CT molecular complexity index is 693. The fourth-order valence-corrected chi connectivity index (χ4v) is 3.56. The number of nitrogens with zero attached hydrogens (tertiary/aromatic N) is 1. The molecule has 0 fully saturated rings. The SMILES string of the molecule is Cc1cc(Br)cc2c1OS(=O)(=O)N(C(=O)OC(C)(C)C)C2. The first-order valence-electron chi connectivity index (χ1n) is 6.24. The minimum Gasteiger partial charge on any atom is -0.443 e. The third-order valence-corrected chi connectivity index (χ3v) is 4.34. The molecule has 6 nitrogen and oxygen atoms in total. The van der Waals surface area contributed by atoms with Crippen molar-refractivity contribution in [2.45, 2.75) is 39.8 Å². The summed E-state index contributed by atoms with van der Waals surface area (Å²) >= 11 is 3.34. The highest BCUT2D eigenvalue weighted by Crippen LogP contribution is 2.35. The van der Waals surface area contributed by atoms with Gasteiger partial charge in [-0.1, -0.05) is 15.9 Å². The maximum absolute atomic E-state index is 12.1. The Morgan fingerprint density at radius 3 is 2.57 bits per heavy atom. The standard InChI is InChI=1S/C13H16BrNO5S/c1-8-5-10(14)6-9-7-15(12(16)19-13(2,3)4)21(17,18)20-11(8)9/h5-6H,7H2,1-4H3. The lowest BCUT2D eigenvalue weighted by molar-refractivity contribution is 0.0363. The Morgan fingerprint density at radius 2 is 2.00 bits per heavy atom. The molecule has 0 atom stereocenters. The third-order valence-electron chi connectivity index (χ3n) is 2.69. The Labute approximate surface area is 132 Å². The molecule has 116 valence electrons. The van der Waals surface area contributed by atoms with E-state index >= 15 is 0 Å². The summed E-state index contributed by atoms with van der Waals surface area (Å²) in [5.74, 6) is 0.262. The first kappa shape index (κ1) is 16.1. The molecule has 0 saturated carbocycles. The summed E-state index contributed by atoms with van der Waals surface area (Å²) in [6.45, 7) is 6.61. The molecule has 1 aliphatic rings. The zero-order valence-corrected chi connectivity index (χ0v) is 14.5. The predicted molar refractivity (Wildman–Crippen MR) is 80.2 cm³/mol. The molecule has 0 radical (unpaired) electrons. The van der Waals surface area contributed by atoms with Gasteiger partial charge in [-0.2, -0.15) is 12.7 Å². The summed E-state index contributed by atoms with van der Waals surface area (Å²) in [5, 5.41) is 0. The number of aryl methyl sites for hydroxylation is 1. The molecule has 0 aromatic heterocycles. The van der Waals surface area contributed by atoms with Gasteiger partial charge in [-0.3, -0.25) is 0 Å². The molecular formula is C13H16BrNO5S. The molecule has 8 heteroatoms. The average Bonchev–Trinajstić information content (AvgIpc) is 2.26. The minimum atomic E-state index is -4.20. The van der Waals surface area contributed by atoms with Gasteiger partial charge in [-0.15, -0.1) is 0 Å². The number of hydrogen-bond acceptors (Lipinski definition) is 5. The van der Waals surface area contributed by atoms with E-state index in [2.05, 4.69) is 15.9 Å². The molecule has 2 rings (SSSR count). The van der Waals surface area contributed by atoms with E-state index in [1.807, 2.05) is 0 Å². The average molecular weight is 378 g/mol. The number of amides is 1. The number of hydrogen-bond donors (Lipinski definition) is 0. The van der Waals surface area contributed by atoms with Crippen molar-refractivity contribution >= 4 is 32.3 Å². The predicted octanol–water partition coefficient (Wildman–Crippen LogP) is 3.13. The number of rotatable bonds is 0. The lowest BCUT2D eigenvalue weighted by Gasteiger charge is -2.30. The molecule has 1 aliphatic heterocycles. The van der Waals surface area contributed by atoms with Crippen LogP contribution >= 0.6 is 15.9 Å². The molecule has 0 unspecified atom stereocenters. The van der Waals surface area contributed by atoms with Crippen LogP contribution in [-0.2, 0) is 21.6 Å². The number of carbonyl (C=O) groups is 1. The number of benzene rings is 1. The van der Waals surface area contributed by atoms with Crippen molar-refractivity contribution in [2.75, 3.05) is 0 Å². The molecule has 0 aliphatic carbocycles. The molecule has 1 amide bonds. The molecular weight excluding hydrogens is 362 g/mol. The van der Waals surface area contributed by atoms with Gasteiger partial charge >= 0.3 is 16.4 Å². The fourth-order valence-electron chi connectivity index (χ4n) is 1.89. The summed E-state index contributed by atoms with van der Waals surface area (Å²) in [4.78, 5) is 12.0. The summed E-state index contributed by atoms with van der Waals surface area (Å²) < 4.78 is 35.7. The van der Waals surface area contributed by atoms with E-state index in [0.29, 0.717) is 15.4 Å². The summed E-state index contributed by atoms with van der Waals surface area (Å²) in [6.07, 6.45) is -0.953. The highest BCUT2D eigenvalue weighted by atomic mass is 79.9. The second kappa shape index (κ2) is 5.17. The number of halogens is 1. The van der Waals surface area contributed by atoms with Gasteiger partial charge in [0.05, 0.1) is 6.54 Å². The number of fused-ring (bicyclic) bond motifs is 1. The van der Waals surface area contributed by atoms with Gasteiger partial charge in [0.15, 0.2) is 5.75 Å². The summed E-state index contributed by atoms with van der Waals surface area (Å²) in [5.41, 5.74) is 0.481. The van der Waals surface area contributed by atoms with Gasteiger partial charge in [0.1, 0.15) is 5.60 Å². The van der Waals surface area contributed by atoms with E-state index in [-0.39, 0.29) is 12.3 Å². The molecule has 0 saturated heterocycles. The van der Waals surface area contributed by atoms with Crippen LogP contribution in [-0.4, -0.2) is 24.4 Å². The van der Waals surface area contributed by atoms with Crippen LogP contribution in [0.3, 0.4) is 0 Å². The number of carbonyl (C=O) groups excluding carboxylic acids is 1. The quantitative estimate of drug-likeness (QED) is 0.694. The zero-order valence-electron chi connectivity index (χ0n) is 12.1. The van der Waals surface area contributed by atoms with Crippen LogP contribution in [0.5, 0.6) is 5.75 Å². The van der Waals surface area contributed by atoms with Gasteiger partial charge in [0.2, 0.25) is 0 Å². The van der Waals surface area contributed by atoms with Crippen LogP contribution in [0.2, 0.25) is 0 Å². The van der Waals surface area contributed by atoms with Crippen molar-refractivity contribution < 1.29 is 22.1 Å². The van der Waals surface area contributed by atoms with Crippen molar-refractivity contribution in [3.05, 3.63) is 27.7 Å². The van der Waals surface area contributed by atoms with Gasteiger partial charge in [0, 0.05) is 10.0 Å². The maximum atomic E-state index is 12.1. The van der Waals surface area contributed by atoms with Crippen LogP contribution < -0.4 is 4.18 Å². The molecule has 1 heterocycles. The Balaban J connectivity index is 2.40. The van der Waals surface area contributed by atoms with Gasteiger partial charge in [0.25, 0.3) is 0 Å². The minimum absolute atomic E-state index is 0.118. The van der Waals surface area contributed by atoms with E-state index in [4.69, 9.17) is 8.92 Å². The smallest absolute Gasteiger partial charge is 0.427 e. The monoisotopic (exact) mass is 377 g/mol. The highest BCUT2D eigenvalue weighted by Gasteiger charge is 2.38. The van der Waals surface area contributed by atoms with Crippen LogP contribution in [0.25, 0.3) is 0 Å². The van der Waals surface area contributed by atoms with E-state index in [0.717, 1.165) is 4.47 Å². The van der Waals surface area contributed by atoms with Crippen LogP contribution in [0, 0.1) is 6.92 Å². The molecule has 0 bridgehead atoms. The lowest BCUT2D eigenvalue weighted by atomic mass is 10.1. The molecule has 1 aromatic carbocycles. The van der Waals surface area contributed by atoms with Crippen LogP contribution in [0.4, 0.5) is 4.79 Å².